The van der Waals surface area contributed by atoms with E-state index in [4.69, 9.17) is 0 Å². The van der Waals surface area contributed by atoms with Crippen LogP contribution in [-0.4, -0.2) is 9.97 Å². The molecular weight excluding hydrogens is 124 g/mol. The number of nitrogens with zero attached hydrogens (tertiary/aromatic N) is 2. The maximum atomic E-state index is 4.09. The first-order valence-corrected chi connectivity index (χ1v) is 3.41. The van der Waals surface area contributed by atoms with Crippen LogP contribution in [0.25, 0.3) is 0 Å². The Labute approximate surface area is 61.3 Å². The van der Waals surface area contributed by atoms with Gasteiger partial charge in [0.25, 0.3) is 0 Å². The summed E-state index contributed by atoms with van der Waals surface area (Å²) in [5, 5.41) is 0. The minimum absolute atomic E-state index is 0.448. The first-order valence-electron chi connectivity index (χ1n) is 3.41. The first kappa shape index (κ1) is 7.19. The minimum atomic E-state index is 0.448. The molecule has 0 aliphatic rings. The van der Waals surface area contributed by atoms with Gasteiger partial charge in [-0.15, -0.1) is 0 Å². The smallest absolute Gasteiger partial charge is 0.112 e. The van der Waals surface area contributed by atoms with E-state index < -0.39 is 0 Å². The van der Waals surface area contributed by atoms with Gasteiger partial charge in [-0.05, 0) is 12.8 Å². The molecule has 2 nitrogen and oxygen atoms in total. The lowest BCUT2D eigenvalue weighted by Crippen LogP contribution is -1.94. The summed E-state index contributed by atoms with van der Waals surface area (Å²) in [5.74, 6) is 0.448. The van der Waals surface area contributed by atoms with Crippen molar-refractivity contribution >= 4 is 0 Å². The van der Waals surface area contributed by atoms with Gasteiger partial charge in [0.15, 0.2) is 0 Å². The highest BCUT2D eigenvalue weighted by atomic mass is 14.8. The van der Waals surface area contributed by atoms with E-state index in [1.165, 1.54) is 0 Å². The van der Waals surface area contributed by atoms with Gasteiger partial charge in [-0.1, -0.05) is 13.8 Å². The molecule has 0 fully saturated rings. The van der Waals surface area contributed by atoms with Gasteiger partial charge in [0.05, 0.1) is 11.4 Å². The molecule has 0 N–H and O–H groups in total. The third-order valence-electron chi connectivity index (χ3n) is 1.33. The van der Waals surface area contributed by atoms with Crippen molar-refractivity contribution in [2.24, 2.45) is 0 Å². The Bertz CT molecular complexity index is 201. The third kappa shape index (κ3) is 1.53. The van der Waals surface area contributed by atoms with E-state index in [1.807, 2.05) is 6.92 Å². The molecule has 1 aromatic heterocycles. The van der Waals surface area contributed by atoms with E-state index in [0.717, 1.165) is 11.4 Å². The Morgan fingerprint density at radius 2 is 2.20 bits per heavy atom. The minimum Gasteiger partial charge on any atom is -0.257 e. The van der Waals surface area contributed by atoms with Crippen LogP contribution in [0.3, 0.4) is 0 Å². The zero-order valence-corrected chi connectivity index (χ0v) is 6.55. The molecule has 53 valence electrons. The van der Waals surface area contributed by atoms with Gasteiger partial charge in [0.2, 0.25) is 0 Å². The number of aryl methyl sites for hydroxylation is 1. The second kappa shape index (κ2) is 2.78. The number of rotatable bonds is 1. The van der Waals surface area contributed by atoms with E-state index in [9.17, 15) is 0 Å². The zero-order valence-electron chi connectivity index (χ0n) is 6.55. The van der Waals surface area contributed by atoms with Crippen LogP contribution in [0.1, 0.15) is 31.2 Å². The molecule has 0 saturated heterocycles. The average Bonchev–Trinajstić information content (AvgIpc) is 1.88. The Morgan fingerprint density at radius 1 is 1.50 bits per heavy atom. The van der Waals surface area contributed by atoms with Crippen molar-refractivity contribution in [3.05, 3.63) is 23.8 Å². The van der Waals surface area contributed by atoms with Crippen LogP contribution in [0.15, 0.2) is 6.20 Å². The van der Waals surface area contributed by atoms with Gasteiger partial charge in [-0.3, -0.25) is 4.98 Å². The molecule has 2 heteroatoms. The summed E-state index contributed by atoms with van der Waals surface area (Å²) in [6.45, 7) is 6.07. The first-order chi connectivity index (χ1) is 4.70. The van der Waals surface area contributed by atoms with Gasteiger partial charge in [0, 0.05) is 6.20 Å². The fourth-order valence-electron chi connectivity index (χ4n) is 0.644. The maximum absolute atomic E-state index is 4.09. The van der Waals surface area contributed by atoms with Crippen molar-refractivity contribution in [2.75, 3.05) is 0 Å². The summed E-state index contributed by atoms with van der Waals surface area (Å²) in [6.07, 6.45) is 4.62. The summed E-state index contributed by atoms with van der Waals surface area (Å²) in [7, 11) is 0. The summed E-state index contributed by atoms with van der Waals surface area (Å²) >= 11 is 0. The SMILES string of the molecule is Cc1[c]nc(C(C)C)cn1. The molecule has 10 heavy (non-hydrogen) atoms. The Hall–Kier alpha value is -0.920. The van der Waals surface area contributed by atoms with Crippen LogP contribution in [0.4, 0.5) is 0 Å². The van der Waals surface area contributed by atoms with Crippen LogP contribution >= 0.6 is 0 Å². The third-order valence-corrected chi connectivity index (χ3v) is 1.33. The quantitative estimate of drug-likeness (QED) is 0.585. The maximum Gasteiger partial charge on any atom is 0.112 e. The molecule has 0 amide bonds. The molecule has 1 rings (SSSR count). The highest BCUT2D eigenvalue weighted by Crippen LogP contribution is 2.07. The van der Waals surface area contributed by atoms with E-state index >= 15 is 0 Å². The summed E-state index contributed by atoms with van der Waals surface area (Å²) in [5.41, 5.74) is 1.86. The Balaban J connectivity index is 2.89. The number of aromatic nitrogens is 2. The molecule has 0 aromatic carbocycles. The predicted octanol–water partition coefficient (Wildman–Crippen LogP) is 1.71. The van der Waals surface area contributed by atoms with Crippen LogP contribution in [-0.2, 0) is 0 Å². The lowest BCUT2D eigenvalue weighted by molar-refractivity contribution is 0.805. The molecule has 1 aromatic rings. The normalized spacial score (nSPS) is 10.4. The monoisotopic (exact) mass is 135 g/mol. The van der Waals surface area contributed by atoms with E-state index in [1.54, 1.807) is 6.20 Å². The molecule has 1 heterocycles. The Kier molecular flexibility index (Phi) is 2.00. The second-order valence-corrected chi connectivity index (χ2v) is 2.65. The van der Waals surface area contributed by atoms with Crippen LogP contribution in [0.5, 0.6) is 0 Å². The van der Waals surface area contributed by atoms with Crippen molar-refractivity contribution in [1.29, 1.82) is 0 Å². The summed E-state index contributed by atoms with van der Waals surface area (Å²) in [6, 6.07) is 0. The summed E-state index contributed by atoms with van der Waals surface area (Å²) < 4.78 is 0. The van der Waals surface area contributed by atoms with Gasteiger partial charge in [0.1, 0.15) is 6.20 Å². The highest BCUT2D eigenvalue weighted by molar-refractivity contribution is 5.03. The van der Waals surface area contributed by atoms with E-state index in [2.05, 4.69) is 30.0 Å². The lowest BCUT2D eigenvalue weighted by Gasteiger charge is -2.00. The standard InChI is InChI=1S/C8H11N2/c1-6(2)8-5-9-7(3)4-10-8/h5-6H,1-3H3. The topological polar surface area (TPSA) is 25.8 Å². The van der Waals surface area contributed by atoms with Gasteiger partial charge in [-0.2, -0.15) is 0 Å². The van der Waals surface area contributed by atoms with Crippen LogP contribution in [0, 0.1) is 13.1 Å². The van der Waals surface area contributed by atoms with Gasteiger partial charge < -0.3 is 0 Å². The Morgan fingerprint density at radius 3 is 2.60 bits per heavy atom. The summed E-state index contributed by atoms with van der Waals surface area (Å²) in [4.78, 5) is 8.17. The molecule has 0 saturated carbocycles. The molecule has 0 unspecified atom stereocenters. The number of hydrogen-bond donors (Lipinski definition) is 0. The van der Waals surface area contributed by atoms with Crippen molar-refractivity contribution in [1.82, 2.24) is 9.97 Å². The van der Waals surface area contributed by atoms with Crippen molar-refractivity contribution in [2.45, 2.75) is 26.7 Å². The van der Waals surface area contributed by atoms with Crippen molar-refractivity contribution < 1.29 is 0 Å². The number of hydrogen-bond acceptors (Lipinski definition) is 2. The van der Waals surface area contributed by atoms with Gasteiger partial charge in [-0.25, -0.2) is 4.98 Å². The molecule has 0 bridgehead atoms. The average molecular weight is 135 g/mol. The molecule has 0 atom stereocenters. The van der Waals surface area contributed by atoms with E-state index in [0.29, 0.717) is 5.92 Å². The lowest BCUT2D eigenvalue weighted by atomic mass is 10.1. The van der Waals surface area contributed by atoms with E-state index in [-0.39, 0.29) is 0 Å². The van der Waals surface area contributed by atoms with Crippen molar-refractivity contribution in [3.8, 4) is 0 Å². The zero-order chi connectivity index (χ0) is 7.56. The predicted molar refractivity (Wildman–Crippen MR) is 39.7 cm³/mol. The van der Waals surface area contributed by atoms with Crippen LogP contribution in [0.2, 0.25) is 0 Å². The molecule has 1 radical (unpaired) electrons. The second-order valence-electron chi connectivity index (χ2n) is 2.65. The molecule has 0 aliphatic heterocycles. The highest BCUT2D eigenvalue weighted by Gasteiger charge is 1.98. The van der Waals surface area contributed by atoms with Crippen LogP contribution < -0.4 is 0 Å². The molecular formula is C8H11N2. The van der Waals surface area contributed by atoms with Crippen molar-refractivity contribution in [3.63, 3.8) is 0 Å². The fraction of sp³-hybridized carbons (Fsp3) is 0.500. The molecule has 0 spiro atoms. The molecule has 0 aliphatic carbocycles. The largest absolute Gasteiger partial charge is 0.257 e. The fourth-order valence-corrected chi connectivity index (χ4v) is 0.644. The van der Waals surface area contributed by atoms with Gasteiger partial charge >= 0.3 is 0 Å².